The molecule has 96 valence electrons. The molecule has 0 aromatic heterocycles. The lowest BCUT2D eigenvalue weighted by molar-refractivity contribution is 0.0386. The number of hydrogen-bond acceptors (Lipinski definition) is 4. The molecule has 1 aliphatic rings. The van der Waals surface area contributed by atoms with Gasteiger partial charge in [0, 0.05) is 11.5 Å². The Kier molecular flexibility index (Phi) is 5.02. The Morgan fingerprint density at radius 1 is 1.59 bits per heavy atom. The monoisotopic (exact) mass is 244 g/mol. The third kappa shape index (κ3) is 4.10. The van der Waals surface area contributed by atoms with Crippen LogP contribution in [0.2, 0.25) is 0 Å². The molecule has 8 nitrogen and oxygen atoms in total. The zero-order chi connectivity index (χ0) is 12.8. The molecule has 0 saturated heterocycles. The molecule has 1 fully saturated rings. The quantitative estimate of drug-likeness (QED) is 0.291. The number of amides is 1. The molecule has 0 spiro atoms. The van der Waals surface area contributed by atoms with Crippen molar-refractivity contribution in [1.82, 2.24) is 5.32 Å². The van der Waals surface area contributed by atoms with Crippen molar-refractivity contribution in [1.29, 1.82) is 0 Å². The number of aliphatic hydroxyl groups excluding tert-OH is 2. The van der Waals surface area contributed by atoms with E-state index in [1.807, 2.05) is 0 Å². The summed E-state index contributed by atoms with van der Waals surface area (Å²) >= 11 is 0. The molecule has 0 aliphatic heterocycles. The molecular formula is C9H16N4O4. The van der Waals surface area contributed by atoms with Crippen LogP contribution in [0.4, 0.5) is 4.79 Å². The van der Waals surface area contributed by atoms with Crippen LogP contribution in [0.3, 0.4) is 0 Å². The number of carbonyl (C=O) groups is 1. The minimum atomic E-state index is -1.30. The van der Waals surface area contributed by atoms with E-state index in [9.17, 15) is 9.90 Å². The van der Waals surface area contributed by atoms with Gasteiger partial charge in [-0.1, -0.05) is 5.11 Å². The molecule has 0 unspecified atom stereocenters. The molecule has 1 aliphatic carbocycles. The average Bonchev–Trinajstić information content (AvgIpc) is 3.10. The van der Waals surface area contributed by atoms with Crippen molar-refractivity contribution in [3.05, 3.63) is 10.4 Å². The van der Waals surface area contributed by atoms with Crippen LogP contribution in [0, 0.1) is 11.8 Å². The highest BCUT2D eigenvalue weighted by atomic mass is 16.4. The van der Waals surface area contributed by atoms with E-state index >= 15 is 0 Å². The van der Waals surface area contributed by atoms with Gasteiger partial charge < -0.3 is 20.6 Å². The number of aliphatic hydroxyl groups is 2. The largest absolute Gasteiger partial charge is 0.465 e. The van der Waals surface area contributed by atoms with E-state index in [1.54, 1.807) is 0 Å². The van der Waals surface area contributed by atoms with Crippen LogP contribution in [0.15, 0.2) is 5.11 Å². The summed E-state index contributed by atoms with van der Waals surface area (Å²) in [7, 11) is 0. The summed E-state index contributed by atoms with van der Waals surface area (Å²) in [6.07, 6.45) is -0.502. The van der Waals surface area contributed by atoms with E-state index in [-0.39, 0.29) is 18.4 Å². The molecule has 1 rings (SSSR count). The molecule has 0 heterocycles. The van der Waals surface area contributed by atoms with Crippen LogP contribution in [0.1, 0.15) is 12.8 Å². The summed E-state index contributed by atoms with van der Waals surface area (Å²) < 4.78 is 0. The van der Waals surface area contributed by atoms with Gasteiger partial charge in [0.05, 0.1) is 18.8 Å². The van der Waals surface area contributed by atoms with Crippen LogP contribution in [-0.2, 0) is 0 Å². The Hall–Kier alpha value is -1.50. The van der Waals surface area contributed by atoms with Crippen LogP contribution >= 0.6 is 0 Å². The van der Waals surface area contributed by atoms with Crippen LogP contribution in [0.5, 0.6) is 0 Å². The zero-order valence-electron chi connectivity index (χ0n) is 9.23. The fourth-order valence-electron chi connectivity index (χ4n) is 1.89. The number of azide groups is 1. The minimum Gasteiger partial charge on any atom is -0.465 e. The Morgan fingerprint density at radius 3 is 2.65 bits per heavy atom. The molecule has 0 aromatic carbocycles. The number of nitrogens with zero attached hydrogens (tertiary/aromatic N) is 3. The maximum atomic E-state index is 10.5. The summed E-state index contributed by atoms with van der Waals surface area (Å²) in [5.74, 6) is -0.0740. The molecule has 4 N–H and O–H groups in total. The van der Waals surface area contributed by atoms with Gasteiger partial charge >= 0.3 is 6.09 Å². The predicted octanol–water partition coefficient (Wildman–Crippen LogP) is 0.312. The van der Waals surface area contributed by atoms with Gasteiger partial charge in [0.15, 0.2) is 0 Å². The van der Waals surface area contributed by atoms with E-state index in [1.165, 1.54) is 0 Å². The molecular weight excluding hydrogens is 228 g/mol. The predicted molar refractivity (Wildman–Crippen MR) is 58.3 cm³/mol. The molecule has 1 saturated carbocycles. The van der Waals surface area contributed by atoms with Crippen molar-refractivity contribution in [2.24, 2.45) is 17.0 Å². The highest BCUT2D eigenvalue weighted by Crippen LogP contribution is 2.39. The van der Waals surface area contributed by atoms with Gasteiger partial charge in [-0.3, -0.25) is 0 Å². The molecule has 0 bridgehead atoms. The molecule has 0 aromatic rings. The topological polar surface area (TPSA) is 139 Å². The Labute approximate surface area is 97.9 Å². The summed E-state index contributed by atoms with van der Waals surface area (Å²) in [5.41, 5.74) is 8.26. The summed E-state index contributed by atoms with van der Waals surface area (Å²) in [6, 6.07) is -0.952. The first kappa shape index (κ1) is 13.6. The molecule has 17 heavy (non-hydrogen) atoms. The van der Waals surface area contributed by atoms with E-state index in [0.29, 0.717) is 0 Å². The standard InChI is InChI=1S/C9H16N4O4/c10-13-11-3-6(5-1-2-5)8(15)7(4-14)12-9(16)17/h5-8,12,14-15H,1-4H2,(H,16,17)/t6-,7-,8-/m1/s1. The smallest absolute Gasteiger partial charge is 0.405 e. The summed E-state index contributed by atoms with van der Waals surface area (Å²) in [6.45, 7) is -0.382. The fraction of sp³-hybridized carbons (Fsp3) is 0.889. The Morgan fingerprint density at radius 2 is 2.24 bits per heavy atom. The highest BCUT2D eigenvalue weighted by Gasteiger charge is 2.38. The van der Waals surface area contributed by atoms with Crippen molar-refractivity contribution in [2.45, 2.75) is 25.0 Å². The number of hydrogen-bond donors (Lipinski definition) is 4. The van der Waals surface area contributed by atoms with Crippen LogP contribution < -0.4 is 5.32 Å². The van der Waals surface area contributed by atoms with Gasteiger partial charge in [-0.25, -0.2) is 4.79 Å². The van der Waals surface area contributed by atoms with Gasteiger partial charge in [-0.15, -0.1) is 0 Å². The van der Waals surface area contributed by atoms with Crippen molar-refractivity contribution >= 4 is 6.09 Å². The Bertz CT molecular complexity index is 314. The number of rotatable bonds is 7. The fourth-order valence-corrected chi connectivity index (χ4v) is 1.89. The van der Waals surface area contributed by atoms with Crippen molar-refractivity contribution in [3.8, 4) is 0 Å². The third-order valence-electron chi connectivity index (χ3n) is 2.94. The third-order valence-corrected chi connectivity index (χ3v) is 2.94. The molecule has 8 heteroatoms. The maximum absolute atomic E-state index is 10.5. The van der Waals surface area contributed by atoms with E-state index in [4.69, 9.17) is 15.7 Å². The van der Waals surface area contributed by atoms with Gasteiger partial charge in [0.2, 0.25) is 0 Å². The van der Waals surface area contributed by atoms with Gasteiger partial charge in [-0.2, -0.15) is 0 Å². The van der Waals surface area contributed by atoms with Crippen molar-refractivity contribution in [2.75, 3.05) is 13.2 Å². The number of carboxylic acid groups (broad SMARTS) is 1. The summed E-state index contributed by atoms with van der Waals surface area (Å²) in [4.78, 5) is 13.1. The average molecular weight is 244 g/mol. The summed E-state index contributed by atoms with van der Waals surface area (Å²) in [5, 5.41) is 33.0. The van der Waals surface area contributed by atoms with Crippen molar-refractivity contribution in [3.63, 3.8) is 0 Å². The lowest BCUT2D eigenvalue weighted by atomic mass is 9.92. The number of nitrogens with one attached hydrogen (secondary N) is 1. The SMILES string of the molecule is [N-]=[N+]=NC[C@H](C1CC1)[C@@H](O)[C@@H](CO)NC(=O)O. The second kappa shape index (κ2) is 6.29. The van der Waals surface area contributed by atoms with E-state index in [2.05, 4.69) is 15.3 Å². The molecule has 0 radical (unpaired) electrons. The Balaban J connectivity index is 2.63. The van der Waals surface area contributed by atoms with Crippen LogP contribution in [-0.4, -0.2) is 46.7 Å². The van der Waals surface area contributed by atoms with E-state index in [0.717, 1.165) is 12.8 Å². The van der Waals surface area contributed by atoms with Gasteiger partial charge in [0.1, 0.15) is 0 Å². The highest BCUT2D eigenvalue weighted by molar-refractivity contribution is 5.64. The first-order valence-corrected chi connectivity index (χ1v) is 5.39. The second-order valence-corrected chi connectivity index (χ2v) is 4.14. The maximum Gasteiger partial charge on any atom is 0.405 e. The van der Waals surface area contributed by atoms with Crippen LogP contribution in [0.25, 0.3) is 10.4 Å². The zero-order valence-corrected chi connectivity index (χ0v) is 9.23. The minimum absolute atomic E-state index is 0.111. The molecule has 3 atom stereocenters. The normalized spacial score (nSPS) is 19.9. The first-order chi connectivity index (χ1) is 8.10. The van der Waals surface area contributed by atoms with E-state index < -0.39 is 24.8 Å². The van der Waals surface area contributed by atoms with Gasteiger partial charge in [-0.05, 0) is 30.2 Å². The lowest BCUT2D eigenvalue weighted by Gasteiger charge is -2.27. The van der Waals surface area contributed by atoms with Crippen molar-refractivity contribution < 1.29 is 20.1 Å². The molecule has 1 amide bonds. The first-order valence-electron chi connectivity index (χ1n) is 5.39. The second-order valence-electron chi connectivity index (χ2n) is 4.14. The van der Waals surface area contributed by atoms with Gasteiger partial charge in [0.25, 0.3) is 0 Å². The lowest BCUT2D eigenvalue weighted by Crippen LogP contribution is -2.49.